The van der Waals surface area contributed by atoms with E-state index in [4.69, 9.17) is 13.7 Å². The van der Waals surface area contributed by atoms with Gasteiger partial charge in [-0.25, -0.2) is 4.98 Å². The number of methoxy groups -OCH3 is 1. The molecule has 29 heavy (non-hydrogen) atoms. The van der Waals surface area contributed by atoms with Crippen molar-refractivity contribution in [3.05, 3.63) is 65.2 Å². The number of ether oxygens (including phenoxy) is 1. The Hall–Kier alpha value is -3.09. The van der Waals surface area contributed by atoms with Crippen LogP contribution in [0, 0.1) is 6.92 Å². The topological polar surface area (TPSA) is 81.6 Å². The molecule has 1 aliphatic heterocycles. The second-order valence-electron chi connectivity index (χ2n) is 7.87. The summed E-state index contributed by atoms with van der Waals surface area (Å²) in [6, 6.07) is 9.58. The minimum atomic E-state index is -0.334. The van der Waals surface area contributed by atoms with Gasteiger partial charge in [0, 0.05) is 25.6 Å². The van der Waals surface area contributed by atoms with Crippen molar-refractivity contribution >= 4 is 5.91 Å². The lowest BCUT2D eigenvalue weighted by Gasteiger charge is -2.38. The van der Waals surface area contributed by atoms with Crippen LogP contribution in [0.25, 0.3) is 0 Å². The molecule has 2 aromatic heterocycles. The molecule has 7 heteroatoms. The molecule has 0 radical (unpaired) electrons. The molecule has 7 nitrogen and oxygen atoms in total. The number of carbonyl (C=O) groups excluding carboxylic acids is 1. The summed E-state index contributed by atoms with van der Waals surface area (Å²) in [6.07, 6.45) is 4.21. The third-order valence-electron chi connectivity index (χ3n) is 5.41. The largest absolute Gasteiger partial charge is 0.497 e. The Bertz CT molecular complexity index is 1010. The van der Waals surface area contributed by atoms with Crippen LogP contribution < -0.4 is 4.74 Å². The molecule has 3 heterocycles. The third-order valence-corrected chi connectivity index (χ3v) is 5.41. The molecule has 0 spiro atoms. The molecule has 0 unspecified atom stereocenters. The minimum Gasteiger partial charge on any atom is -0.497 e. The Kier molecular flexibility index (Phi) is 5.13. The highest BCUT2D eigenvalue weighted by Crippen LogP contribution is 2.34. The molecule has 152 valence electrons. The highest BCUT2D eigenvalue weighted by molar-refractivity contribution is 5.92. The zero-order valence-corrected chi connectivity index (χ0v) is 17.0. The van der Waals surface area contributed by atoms with Gasteiger partial charge in [0.15, 0.2) is 5.69 Å². The summed E-state index contributed by atoms with van der Waals surface area (Å²) in [6.45, 7) is 5.11. The fourth-order valence-corrected chi connectivity index (χ4v) is 3.87. The molecule has 1 amide bonds. The maximum Gasteiger partial charge on any atom is 0.276 e. The maximum absolute atomic E-state index is 12.8. The molecular weight excluding hydrogens is 370 g/mol. The van der Waals surface area contributed by atoms with Crippen molar-refractivity contribution in [1.29, 1.82) is 0 Å². The molecular formula is C22H25N3O4. The van der Waals surface area contributed by atoms with Crippen LogP contribution in [-0.2, 0) is 11.8 Å². The van der Waals surface area contributed by atoms with Crippen LogP contribution in [0.4, 0.5) is 0 Å². The van der Waals surface area contributed by atoms with E-state index in [2.05, 4.69) is 17.1 Å². The number of carbonyl (C=O) groups is 1. The number of oxazole rings is 1. The van der Waals surface area contributed by atoms with E-state index in [1.807, 2.05) is 29.2 Å². The van der Waals surface area contributed by atoms with Crippen LogP contribution in [0.1, 0.15) is 53.2 Å². The van der Waals surface area contributed by atoms with Crippen molar-refractivity contribution in [2.45, 2.75) is 38.5 Å². The molecule has 0 aliphatic carbocycles. The fraction of sp³-hybridized carbons (Fsp3) is 0.409. The summed E-state index contributed by atoms with van der Waals surface area (Å²) < 4.78 is 16.5. The summed E-state index contributed by atoms with van der Waals surface area (Å²) in [5.41, 5.74) is 1.11. The van der Waals surface area contributed by atoms with E-state index in [0.717, 1.165) is 29.9 Å². The number of hydrogen-bond acceptors (Lipinski definition) is 6. The van der Waals surface area contributed by atoms with E-state index in [0.29, 0.717) is 36.9 Å². The van der Waals surface area contributed by atoms with Gasteiger partial charge < -0.3 is 18.6 Å². The summed E-state index contributed by atoms with van der Waals surface area (Å²) in [5.74, 6) is 2.80. The summed E-state index contributed by atoms with van der Waals surface area (Å²) in [7, 11) is 1.66. The number of aromatic nitrogens is 2. The number of amides is 1. The lowest BCUT2D eigenvalue weighted by molar-refractivity contribution is 0.0615. The predicted molar refractivity (Wildman–Crippen MR) is 106 cm³/mol. The van der Waals surface area contributed by atoms with E-state index < -0.39 is 0 Å². The molecule has 3 aromatic rings. The van der Waals surface area contributed by atoms with Gasteiger partial charge in [-0.15, -0.1) is 0 Å². The molecule has 0 N–H and O–H groups in total. The van der Waals surface area contributed by atoms with Crippen LogP contribution >= 0.6 is 0 Å². The maximum atomic E-state index is 12.8. The fourth-order valence-electron chi connectivity index (χ4n) is 3.87. The van der Waals surface area contributed by atoms with E-state index in [1.165, 1.54) is 0 Å². The summed E-state index contributed by atoms with van der Waals surface area (Å²) in [5, 5.41) is 3.86. The zero-order valence-electron chi connectivity index (χ0n) is 17.0. The Morgan fingerprint density at radius 3 is 2.97 bits per heavy atom. The number of aryl methyl sites for hydroxylation is 1. The molecule has 1 fully saturated rings. The molecule has 1 saturated heterocycles. The minimum absolute atomic E-state index is 0.115. The van der Waals surface area contributed by atoms with Gasteiger partial charge in [0.05, 0.1) is 18.7 Å². The van der Waals surface area contributed by atoms with Crippen molar-refractivity contribution in [3.8, 4) is 5.75 Å². The van der Waals surface area contributed by atoms with Crippen molar-refractivity contribution in [1.82, 2.24) is 15.0 Å². The summed E-state index contributed by atoms with van der Waals surface area (Å²) >= 11 is 0. The van der Waals surface area contributed by atoms with Crippen molar-refractivity contribution in [2.24, 2.45) is 0 Å². The normalized spacial score (nSPS) is 19.3. The van der Waals surface area contributed by atoms with Crippen LogP contribution in [0.3, 0.4) is 0 Å². The van der Waals surface area contributed by atoms with Gasteiger partial charge in [0.2, 0.25) is 5.89 Å². The van der Waals surface area contributed by atoms with Gasteiger partial charge >= 0.3 is 0 Å². The first-order chi connectivity index (χ1) is 14.0. The van der Waals surface area contributed by atoms with Gasteiger partial charge in [0.25, 0.3) is 5.91 Å². The predicted octanol–water partition coefficient (Wildman–Crippen LogP) is 3.76. The van der Waals surface area contributed by atoms with Gasteiger partial charge in [-0.3, -0.25) is 4.79 Å². The number of nitrogens with zero attached hydrogens (tertiary/aromatic N) is 3. The van der Waals surface area contributed by atoms with Crippen molar-refractivity contribution in [2.75, 3.05) is 20.2 Å². The molecule has 4 rings (SSSR count). The monoisotopic (exact) mass is 395 g/mol. The highest BCUT2D eigenvalue weighted by Gasteiger charge is 2.39. The lowest BCUT2D eigenvalue weighted by atomic mass is 9.81. The summed E-state index contributed by atoms with van der Waals surface area (Å²) in [4.78, 5) is 19.1. The van der Waals surface area contributed by atoms with Gasteiger partial charge in [-0.05, 0) is 44.4 Å². The molecule has 1 aliphatic rings. The van der Waals surface area contributed by atoms with E-state index in [-0.39, 0.29) is 11.3 Å². The first-order valence-electron chi connectivity index (χ1n) is 9.77. The van der Waals surface area contributed by atoms with Gasteiger partial charge in [-0.1, -0.05) is 17.3 Å². The van der Waals surface area contributed by atoms with Gasteiger partial charge in [0.1, 0.15) is 17.3 Å². The van der Waals surface area contributed by atoms with Crippen LogP contribution in [0.5, 0.6) is 5.75 Å². The first-order valence-corrected chi connectivity index (χ1v) is 9.77. The second-order valence-corrected chi connectivity index (χ2v) is 7.87. The Balaban J connectivity index is 1.49. The standard InChI is InChI=1S/C22H25N3O4/c1-15-10-19(24-29-15)20(26)25-9-5-8-22(2,14-25)21-23-13-18(28-21)12-16-6-4-7-17(11-16)27-3/h4,6-7,10-11,13H,5,8-9,12,14H2,1-3H3/t22-/m1/s1. The quantitative estimate of drug-likeness (QED) is 0.654. The Morgan fingerprint density at radius 2 is 2.21 bits per heavy atom. The van der Waals surface area contributed by atoms with Gasteiger partial charge in [-0.2, -0.15) is 0 Å². The number of rotatable bonds is 5. The SMILES string of the molecule is COc1cccc(Cc2cnc([C@]3(C)CCCN(C(=O)c4cc(C)on4)C3)o2)c1. The average Bonchev–Trinajstić information content (AvgIpc) is 3.37. The molecule has 0 saturated carbocycles. The second kappa shape index (κ2) is 7.73. The number of benzene rings is 1. The van der Waals surface area contributed by atoms with Crippen LogP contribution in [-0.4, -0.2) is 41.1 Å². The zero-order chi connectivity index (χ0) is 20.4. The molecule has 1 atom stereocenters. The number of likely N-dealkylation sites (tertiary alicyclic amines) is 1. The number of hydrogen-bond donors (Lipinski definition) is 0. The Morgan fingerprint density at radius 1 is 1.34 bits per heavy atom. The number of piperidine rings is 1. The van der Waals surface area contributed by atoms with Crippen LogP contribution in [0.2, 0.25) is 0 Å². The third kappa shape index (κ3) is 4.04. The first kappa shape index (κ1) is 19.2. The lowest BCUT2D eigenvalue weighted by Crippen LogP contribution is -2.47. The smallest absolute Gasteiger partial charge is 0.276 e. The van der Waals surface area contributed by atoms with E-state index in [9.17, 15) is 4.79 Å². The van der Waals surface area contributed by atoms with Crippen molar-refractivity contribution in [3.63, 3.8) is 0 Å². The van der Waals surface area contributed by atoms with E-state index >= 15 is 0 Å². The van der Waals surface area contributed by atoms with E-state index in [1.54, 1.807) is 26.3 Å². The molecule has 0 bridgehead atoms. The highest BCUT2D eigenvalue weighted by atomic mass is 16.5. The van der Waals surface area contributed by atoms with Crippen LogP contribution in [0.15, 0.2) is 45.5 Å². The van der Waals surface area contributed by atoms with Crippen molar-refractivity contribution < 1.29 is 18.5 Å². The molecule has 1 aromatic carbocycles. The Labute approximate surface area is 169 Å². The average molecular weight is 395 g/mol.